The minimum Gasteiger partial charge on any atom is -0.356 e. The third-order valence-corrected chi connectivity index (χ3v) is 9.73. The molecule has 6 rings (SSSR count). The average Bonchev–Trinajstić information content (AvgIpc) is 3.62. The Kier molecular flexibility index (Phi) is 6.74. The van der Waals surface area contributed by atoms with Gasteiger partial charge in [-0.1, -0.05) is 38.6 Å². The maximum absolute atomic E-state index is 14.0. The third kappa shape index (κ3) is 4.93. The smallest absolute Gasteiger partial charge is 0.268 e. The van der Waals surface area contributed by atoms with Crippen LogP contribution in [-0.2, 0) is 19.2 Å². The van der Waals surface area contributed by atoms with Crippen LogP contribution in [0, 0.1) is 29.1 Å². The molecule has 2 saturated heterocycles. The second-order valence-corrected chi connectivity index (χ2v) is 12.6. The van der Waals surface area contributed by atoms with E-state index in [1.807, 2.05) is 24.3 Å². The zero-order chi connectivity index (χ0) is 29.1. The van der Waals surface area contributed by atoms with E-state index in [1.54, 1.807) is 11.0 Å². The van der Waals surface area contributed by atoms with Gasteiger partial charge >= 0.3 is 0 Å². The van der Waals surface area contributed by atoms with E-state index in [0.29, 0.717) is 25.2 Å². The number of H-pyrrole nitrogens is 1. The molecule has 216 valence electrons. The predicted octanol–water partition coefficient (Wildman–Crippen LogP) is 1.93. The lowest BCUT2D eigenvalue weighted by Gasteiger charge is -2.34. The number of fused-ring (bicyclic) bond motifs is 2. The molecule has 0 bridgehead atoms. The molecule has 1 aromatic carbocycles. The average molecular weight is 560 g/mol. The van der Waals surface area contributed by atoms with Crippen molar-refractivity contribution < 1.29 is 24.0 Å². The highest BCUT2D eigenvalue weighted by Crippen LogP contribution is 2.65. The van der Waals surface area contributed by atoms with Crippen LogP contribution in [0.2, 0.25) is 0 Å². The third-order valence-electron chi connectivity index (χ3n) is 9.73. The summed E-state index contributed by atoms with van der Waals surface area (Å²) >= 11 is 0. The number of aromatic nitrogens is 1. The number of benzene rings is 1. The van der Waals surface area contributed by atoms with Crippen molar-refractivity contribution in [3.8, 4) is 0 Å². The number of carbonyl (C=O) groups is 5. The van der Waals surface area contributed by atoms with E-state index < -0.39 is 24.0 Å². The summed E-state index contributed by atoms with van der Waals surface area (Å²) in [6.07, 6.45) is 3.60. The molecule has 4 aliphatic rings. The van der Waals surface area contributed by atoms with E-state index in [1.165, 1.54) is 6.08 Å². The number of ketones is 1. The SMILES string of the molecule is C=CC(=O)[C@H](C[C@@H]1CCNC1=O)NC(=O)[C@@H]1[C@@H]2[C@H](CN1C(=O)[C@@H](NC(=O)c1cc3ccccc3[nH]1)C1CC1)C2(C)C. The second-order valence-electron chi connectivity index (χ2n) is 12.6. The monoisotopic (exact) mass is 559 g/mol. The van der Waals surface area contributed by atoms with Crippen LogP contribution in [0.3, 0.4) is 0 Å². The van der Waals surface area contributed by atoms with E-state index >= 15 is 0 Å². The number of likely N-dealkylation sites (tertiary alicyclic amines) is 1. The molecular weight excluding hydrogens is 522 g/mol. The Balaban J connectivity index is 1.20. The van der Waals surface area contributed by atoms with Crippen molar-refractivity contribution in [3.05, 3.63) is 48.7 Å². The van der Waals surface area contributed by atoms with E-state index in [0.717, 1.165) is 23.7 Å². The molecular formula is C31H37N5O5. The van der Waals surface area contributed by atoms with Gasteiger partial charge in [0.05, 0.1) is 6.04 Å². The van der Waals surface area contributed by atoms with Crippen molar-refractivity contribution >= 4 is 40.3 Å². The number of nitrogens with zero attached hydrogens (tertiary/aromatic N) is 1. The molecule has 4 amide bonds. The molecule has 2 aliphatic heterocycles. The quantitative estimate of drug-likeness (QED) is 0.329. The van der Waals surface area contributed by atoms with Crippen LogP contribution in [-0.4, -0.2) is 70.5 Å². The molecule has 0 spiro atoms. The number of carbonyl (C=O) groups excluding carboxylic acids is 5. The van der Waals surface area contributed by atoms with Crippen molar-refractivity contribution in [1.82, 2.24) is 25.8 Å². The van der Waals surface area contributed by atoms with Gasteiger partial charge in [0.2, 0.25) is 17.7 Å². The van der Waals surface area contributed by atoms with Gasteiger partial charge in [-0.3, -0.25) is 24.0 Å². The summed E-state index contributed by atoms with van der Waals surface area (Å²) in [4.78, 5) is 70.8. The Bertz CT molecular complexity index is 1410. The summed E-state index contributed by atoms with van der Waals surface area (Å²) in [6.45, 7) is 8.73. The van der Waals surface area contributed by atoms with E-state index in [4.69, 9.17) is 0 Å². The lowest BCUT2D eigenvalue weighted by molar-refractivity contribution is -0.142. The fourth-order valence-electron chi connectivity index (χ4n) is 7.02. The summed E-state index contributed by atoms with van der Waals surface area (Å²) in [5, 5.41) is 9.51. The Morgan fingerprint density at radius 1 is 1.15 bits per heavy atom. The zero-order valence-corrected chi connectivity index (χ0v) is 23.4. The molecule has 1 aromatic heterocycles. The van der Waals surface area contributed by atoms with Crippen LogP contribution in [0.4, 0.5) is 0 Å². The molecule has 41 heavy (non-hydrogen) atoms. The Morgan fingerprint density at radius 3 is 2.56 bits per heavy atom. The molecule has 10 nitrogen and oxygen atoms in total. The van der Waals surface area contributed by atoms with Gasteiger partial charge < -0.3 is 25.8 Å². The minimum atomic E-state index is -0.896. The molecule has 2 aliphatic carbocycles. The number of rotatable bonds is 10. The first kappa shape index (κ1) is 27.2. The standard InChI is InChI=1S/C31H37N5O5/c1-4-23(37)21(14-18-11-12-32-27(18)38)34-29(40)26-24-19(31(24,2)3)15-36(26)30(41)25(16-9-10-16)35-28(39)22-13-17-7-5-6-8-20(17)33-22/h4-8,13,16,18-19,21,24-26,33H,1,9-12,14-15H2,2-3H3,(H,32,38)(H,34,40)(H,35,39)/t18-,19-,21-,24-,25-,26-/m0/s1. The zero-order valence-electron chi connectivity index (χ0n) is 23.4. The molecule has 0 radical (unpaired) electrons. The van der Waals surface area contributed by atoms with Gasteiger partial charge in [-0.15, -0.1) is 0 Å². The first-order chi connectivity index (χ1) is 19.6. The van der Waals surface area contributed by atoms with Crippen molar-refractivity contribution in [1.29, 1.82) is 0 Å². The summed E-state index contributed by atoms with van der Waals surface area (Å²) in [5.41, 5.74) is 1.10. The summed E-state index contributed by atoms with van der Waals surface area (Å²) in [5.74, 6) is -1.75. The van der Waals surface area contributed by atoms with Crippen molar-refractivity contribution in [2.75, 3.05) is 13.1 Å². The molecule has 2 aromatic rings. The van der Waals surface area contributed by atoms with Gasteiger partial charge in [0.1, 0.15) is 17.8 Å². The number of aromatic amines is 1. The van der Waals surface area contributed by atoms with Gasteiger partial charge in [0.15, 0.2) is 5.78 Å². The van der Waals surface area contributed by atoms with Crippen LogP contribution in [0.15, 0.2) is 43.0 Å². The first-order valence-electron chi connectivity index (χ1n) is 14.5. The van der Waals surface area contributed by atoms with Gasteiger partial charge in [-0.2, -0.15) is 0 Å². The molecule has 3 heterocycles. The van der Waals surface area contributed by atoms with Gasteiger partial charge in [-0.05, 0) is 67.1 Å². The minimum absolute atomic E-state index is 0.0143. The highest BCUT2D eigenvalue weighted by Gasteiger charge is 2.70. The fourth-order valence-corrected chi connectivity index (χ4v) is 7.02. The molecule has 6 atom stereocenters. The predicted molar refractivity (Wildman–Crippen MR) is 151 cm³/mol. The van der Waals surface area contributed by atoms with Crippen LogP contribution < -0.4 is 16.0 Å². The van der Waals surface area contributed by atoms with E-state index in [9.17, 15) is 24.0 Å². The normalized spacial score (nSPS) is 27.5. The van der Waals surface area contributed by atoms with Gasteiger partial charge in [-0.25, -0.2) is 0 Å². The number of hydrogen-bond donors (Lipinski definition) is 4. The van der Waals surface area contributed by atoms with E-state index in [-0.39, 0.29) is 59.0 Å². The molecule has 4 fully saturated rings. The first-order valence-corrected chi connectivity index (χ1v) is 14.5. The maximum atomic E-state index is 14.0. The Morgan fingerprint density at radius 2 is 1.90 bits per heavy atom. The number of amides is 4. The van der Waals surface area contributed by atoms with Crippen molar-refractivity contribution in [2.24, 2.45) is 29.1 Å². The van der Waals surface area contributed by atoms with Crippen LogP contribution in [0.25, 0.3) is 10.9 Å². The highest BCUT2D eigenvalue weighted by atomic mass is 16.2. The molecule has 2 saturated carbocycles. The molecule has 0 unspecified atom stereocenters. The largest absolute Gasteiger partial charge is 0.356 e. The highest BCUT2D eigenvalue weighted by molar-refractivity contribution is 6.02. The van der Waals surface area contributed by atoms with Crippen molar-refractivity contribution in [3.63, 3.8) is 0 Å². The van der Waals surface area contributed by atoms with E-state index in [2.05, 4.69) is 41.4 Å². The number of piperidine rings is 1. The van der Waals surface area contributed by atoms with Gasteiger partial charge in [0.25, 0.3) is 5.91 Å². The summed E-state index contributed by atoms with van der Waals surface area (Å²) in [6, 6.07) is 6.96. The molecule has 4 N–H and O–H groups in total. The maximum Gasteiger partial charge on any atom is 0.268 e. The number of hydrogen-bond acceptors (Lipinski definition) is 5. The van der Waals surface area contributed by atoms with Crippen LogP contribution in [0.5, 0.6) is 0 Å². The lowest BCUT2D eigenvalue weighted by Crippen LogP contribution is -2.58. The van der Waals surface area contributed by atoms with Gasteiger partial charge in [0, 0.05) is 29.9 Å². The summed E-state index contributed by atoms with van der Waals surface area (Å²) < 4.78 is 0. The summed E-state index contributed by atoms with van der Waals surface area (Å²) in [7, 11) is 0. The number of nitrogens with one attached hydrogen (secondary N) is 4. The Labute approximate surface area is 238 Å². The van der Waals surface area contributed by atoms with Crippen LogP contribution in [0.1, 0.15) is 50.0 Å². The fraction of sp³-hybridized carbons (Fsp3) is 0.516. The Hall–Kier alpha value is -3.95. The lowest BCUT2D eigenvalue weighted by atomic mass is 9.94. The molecule has 10 heteroatoms. The second kappa shape index (κ2) is 10.2. The topological polar surface area (TPSA) is 140 Å². The number of para-hydroxylation sites is 1. The van der Waals surface area contributed by atoms with Crippen LogP contribution >= 0.6 is 0 Å². The van der Waals surface area contributed by atoms with Crippen molar-refractivity contribution in [2.45, 2.75) is 57.7 Å².